The molecule has 0 amide bonds. The van der Waals surface area contributed by atoms with E-state index in [1.807, 2.05) is 49.5 Å². The largest absolute Gasteiger partial charge is 0.493 e. The van der Waals surface area contributed by atoms with E-state index in [0.717, 1.165) is 42.0 Å². The smallest absolute Gasteiger partial charge is 0.193 e. The average molecular weight is 267 g/mol. The number of hydrogen-bond donors (Lipinski definition) is 1. The summed E-state index contributed by atoms with van der Waals surface area (Å²) in [6, 6.07) is 13.3. The average Bonchev–Trinajstić information content (AvgIpc) is 2.53. The number of ketones is 1. The van der Waals surface area contributed by atoms with Crippen molar-refractivity contribution in [3.8, 4) is 5.75 Å². The minimum Gasteiger partial charge on any atom is -0.493 e. The second-order valence-electron chi connectivity index (χ2n) is 4.93. The van der Waals surface area contributed by atoms with E-state index < -0.39 is 0 Å². The zero-order valence-electron chi connectivity index (χ0n) is 11.5. The molecule has 102 valence electrons. The summed E-state index contributed by atoms with van der Waals surface area (Å²) >= 11 is 0. The van der Waals surface area contributed by atoms with Gasteiger partial charge in [-0.3, -0.25) is 4.79 Å². The molecule has 0 saturated carbocycles. The van der Waals surface area contributed by atoms with Gasteiger partial charge < -0.3 is 10.1 Å². The van der Waals surface area contributed by atoms with Gasteiger partial charge in [0.05, 0.1) is 6.61 Å². The van der Waals surface area contributed by atoms with Crippen LogP contribution in [0, 0.1) is 0 Å². The highest BCUT2D eigenvalue weighted by Crippen LogP contribution is 2.26. The number of hydrogen-bond acceptors (Lipinski definition) is 3. The van der Waals surface area contributed by atoms with Crippen molar-refractivity contribution in [2.75, 3.05) is 19.0 Å². The van der Waals surface area contributed by atoms with Gasteiger partial charge in [0.1, 0.15) is 5.75 Å². The van der Waals surface area contributed by atoms with Gasteiger partial charge >= 0.3 is 0 Å². The highest BCUT2D eigenvalue weighted by Gasteiger charge is 2.15. The Morgan fingerprint density at radius 1 is 1.15 bits per heavy atom. The van der Waals surface area contributed by atoms with Crippen LogP contribution in [0.5, 0.6) is 5.75 Å². The summed E-state index contributed by atoms with van der Waals surface area (Å²) in [5.74, 6) is 0.965. The molecular weight excluding hydrogens is 250 g/mol. The summed E-state index contributed by atoms with van der Waals surface area (Å²) in [7, 11) is 1.85. The third kappa shape index (κ3) is 2.39. The van der Waals surface area contributed by atoms with Crippen LogP contribution in [0.2, 0.25) is 0 Å². The minimum atomic E-state index is 0.0514. The Hall–Kier alpha value is -2.29. The van der Waals surface area contributed by atoms with Crippen molar-refractivity contribution in [3.63, 3.8) is 0 Å². The van der Waals surface area contributed by atoms with Crippen molar-refractivity contribution in [3.05, 3.63) is 59.2 Å². The molecule has 2 aromatic carbocycles. The molecule has 0 spiro atoms. The topological polar surface area (TPSA) is 38.3 Å². The lowest BCUT2D eigenvalue weighted by atomic mass is 9.98. The number of aryl methyl sites for hydroxylation is 1. The van der Waals surface area contributed by atoms with Gasteiger partial charge in [0.25, 0.3) is 0 Å². The molecule has 0 aromatic heterocycles. The molecule has 3 rings (SSSR count). The van der Waals surface area contributed by atoms with Crippen molar-refractivity contribution in [1.29, 1.82) is 0 Å². The molecule has 0 saturated heterocycles. The Kier molecular flexibility index (Phi) is 3.42. The first-order valence-electron chi connectivity index (χ1n) is 6.86. The van der Waals surface area contributed by atoms with Crippen molar-refractivity contribution < 1.29 is 9.53 Å². The minimum absolute atomic E-state index is 0.0514. The Labute approximate surface area is 118 Å². The van der Waals surface area contributed by atoms with Crippen LogP contribution in [-0.4, -0.2) is 19.4 Å². The number of rotatable bonds is 3. The van der Waals surface area contributed by atoms with Gasteiger partial charge in [0.2, 0.25) is 0 Å². The molecule has 0 bridgehead atoms. The molecule has 0 aliphatic carbocycles. The first kappa shape index (κ1) is 12.7. The summed E-state index contributed by atoms with van der Waals surface area (Å²) in [6.45, 7) is 0.768. The van der Waals surface area contributed by atoms with E-state index >= 15 is 0 Å². The third-order valence-corrected chi connectivity index (χ3v) is 3.58. The molecule has 0 unspecified atom stereocenters. The van der Waals surface area contributed by atoms with Crippen LogP contribution in [0.4, 0.5) is 5.69 Å². The van der Waals surface area contributed by atoms with Gasteiger partial charge in [-0.05, 0) is 48.7 Å². The van der Waals surface area contributed by atoms with Gasteiger partial charge in [0.15, 0.2) is 5.78 Å². The third-order valence-electron chi connectivity index (χ3n) is 3.58. The molecule has 3 nitrogen and oxygen atoms in total. The maximum Gasteiger partial charge on any atom is 0.193 e. The van der Waals surface area contributed by atoms with Gasteiger partial charge in [-0.25, -0.2) is 0 Å². The maximum absolute atomic E-state index is 12.5. The van der Waals surface area contributed by atoms with Crippen LogP contribution in [0.15, 0.2) is 42.5 Å². The number of anilines is 1. The van der Waals surface area contributed by atoms with Crippen LogP contribution < -0.4 is 10.1 Å². The predicted octanol–water partition coefficient (Wildman–Crippen LogP) is 3.28. The summed E-state index contributed by atoms with van der Waals surface area (Å²) in [6.07, 6.45) is 1.99. The molecule has 1 heterocycles. The van der Waals surface area contributed by atoms with Crippen LogP contribution in [0.1, 0.15) is 27.9 Å². The standard InChI is InChI=1S/C17H17NO2/c1-18-15-6-2-4-13(11-15)17(19)14-7-8-16-12(10-14)5-3-9-20-16/h2,4,6-8,10-11,18H,3,5,9H2,1H3. The first-order valence-corrected chi connectivity index (χ1v) is 6.86. The quantitative estimate of drug-likeness (QED) is 0.867. The van der Waals surface area contributed by atoms with E-state index in [0.29, 0.717) is 5.56 Å². The fourth-order valence-electron chi connectivity index (χ4n) is 2.48. The number of nitrogens with one attached hydrogen (secondary N) is 1. The van der Waals surface area contributed by atoms with E-state index in [4.69, 9.17) is 4.74 Å². The summed E-state index contributed by atoms with van der Waals surface area (Å²) in [4.78, 5) is 12.5. The van der Waals surface area contributed by atoms with Crippen LogP contribution in [0.3, 0.4) is 0 Å². The number of ether oxygens (including phenoxy) is 1. The highest BCUT2D eigenvalue weighted by atomic mass is 16.5. The van der Waals surface area contributed by atoms with Gasteiger partial charge in [-0.15, -0.1) is 0 Å². The molecule has 0 atom stereocenters. The lowest BCUT2D eigenvalue weighted by molar-refractivity contribution is 0.103. The second kappa shape index (κ2) is 5.37. The van der Waals surface area contributed by atoms with E-state index in [1.165, 1.54) is 0 Å². The molecule has 1 N–H and O–H groups in total. The monoisotopic (exact) mass is 267 g/mol. The summed E-state index contributed by atoms with van der Waals surface area (Å²) in [5, 5.41) is 3.05. The zero-order chi connectivity index (χ0) is 13.9. The lowest BCUT2D eigenvalue weighted by Gasteiger charge is -2.17. The van der Waals surface area contributed by atoms with Crippen molar-refractivity contribution in [2.24, 2.45) is 0 Å². The molecule has 0 radical (unpaired) electrons. The van der Waals surface area contributed by atoms with Crippen LogP contribution >= 0.6 is 0 Å². The van der Waals surface area contributed by atoms with Crippen LogP contribution in [0.25, 0.3) is 0 Å². The summed E-state index contributed by atoms with van der Waals surface area (Å²) in [5.41, 5.74) is 3.50. The molecule has 3 heteroatoms. The Morgan fingerprint density at radius 2 is 2.00 bits per heavy atom. The Balaban J connectivity index is 1.93. The molecule has 1 aliphatic heterocycles. The fourth-order valence-corrected chi connectivity index (χ4v) is 2.48. The first-order chi connectivity index (χ1) is 9.78. The number of carbonyl (C=O) groups is 1. The van der Waals surface area contributed by atoms with Gasteiger partial charge in [-0.2, -0.15) is 0 Å². The Bertz CT molecular complexity index is 649. The molecule has 20 heavy (non-hydrogen) atoms. The zero-order valence-corrected chi connectivity index (χ0v) is 11.5. The number of fused-ring (bicyclic) bond motifs is 1. The number of benzene rings is 2. The van der Waals surface area contributed by atoms with Crippen molar-refractivity contribution >= 4 is 11.5 Å². The van der Waals surface area contributed by atoms with Crippen LogP contribution in [-0.2, 0) is 6.42 Å². The Morgan fingerprint density at radius 3 is 2.85 bits per heavy atom. The molecule has 0 fully saturated rings. The normalized spacial score (nSPS) is 13.2. The lowest BCUT2D eigenvalue weighted by Crippen LogP contribution is -2.10. The fraction of sp³-hybridized carbons (Fsp3) is 0.235. The predicted molar refractivity (Wildman–Crippen MR) is 79.7 cm³/mol. The highest BCUT2D eigenvalue weighted by molar-refractivity contribution is 6.09. The molecule has 1 aliphatic rings. The van der Waals surface area contributed by atoms with E-state index in [-0.39, 0.29) is 5.78 Å². The van der Waals surface area contributed by atoms with Gasteiger partial charge in [0, 0.05) is 23.9 Å². The van der Waals surface area contributed by atoms with Crippen molar-refractivity contribution in [2.45, 2.75) is 12.8 Å². The van der Waals surface area contributed by atoms with E-state index in [9.17, 15) is 4.79 Å². The van der Waals surface area contributed by atoms with E-state index in [2.05, 4.69) is 5.32 Å². The van der Waals surface area contributed by atoms with Crippen molar-refractivity contribution in [1.82, 2.24) is 0 Å². The van der Waals surface area contributed by atoms with E-state index in [1.54, 1.807) is 0 Å². The van der Waals surface area contributed by atoms with Gasteiger partial charge in [-0.1, -0.05) is 12.1 Å². The maximum atomic E-state index is 12.5. The summed E-state index contributed by atoms with van der Waals surface area (Å²) < 4.78 is 5.58. The second-order valence-corrected chi connectivity index (χ2v) is 4.93. The molecule has 2 aromatic rings. The number of carbonyl (C=O) groups excluding carboxylic acids is 1. The SMILES string of the molecule is CNc1cccc(C(=O)c2ccc3c(c2)CCCO3)c1. The molecular formula is C17H17NO2.